The Labute approximate surface area is 99.2 Å². The van der Waals surface area contributed by atoms with Crippen LogP contribution in [0.15, 0.2) is 11.5 Å². The number of ether oxygens (including phenoxy) is 1. The number of hydrogen-bond donors (Lipinski definition) is 2. The van der Waals surface area contributed by atoms with Gasteiger partial charge in [0.25, 0.3) is 0 Å². The largest absolute Gasteiger partial charge is 0.481 e. The number of hydrogen-bond acceptors (Lipinski definition) is 4. The number of aliphatic carboxylic acids is 1. The van der Waals surface area contributed by atoms with Crippen LogP contribution >= 0.6 is 11.8 Å². The molecule has 0 aromatic heterocycles. The highest BCUT2D eigenvalue weighted by molar-refractivity contribution is 8.01. The number of carbonyl (C=O) groups excluding carboxylic acids is 1. The first kappa shape index (κ1) is 15.0. The number of nitrogens with one attached hydrogen (secondary N) is 1. The maximum Gasteiger partial charge on any atom is 0.305 e. The lowest BCUT2D eigenvalue weighted by atomic mass is 9.99. The van der Waals surface area contributed by atoms with E-state index >= 15 is 0 Å². The van der Waals surface area contributed by atoms with Gasteiger partial charge in [0.1, 0.15) is 0 Å². The SMILES string of the molecule is COCC(C)(CC(=O)O)NC(=O)/C=C/SC. The molecule has 0 saturated heterocycles. The van der Waals surface area contributed by atoms with Crippen molar-refractivity contribution in [2.24, 2.45) is 0 Å². The topological polar surface area (TPSA) is 75.6 Å². The van der Waals surface area contributed by atoms with E-state index in [4.69, 9.17) is 9.84 Å². The molecule has 2 N–H and O–H groups in total. The van der Waals surface area contributed by atoms with E-state index < -0.39 is 11.5 Å². The van der Waals surface area contributed by atoms with E-state index in [0.29, 0.717) is 0 Å². The van der Waals surface area contributed by atoms with E-state index in [1.54, 1.807) is 12.3 Å². The maximum absolute atomic E-state index is 11.4. The molecule has 0 rings (SSSR count). The molecule has 0 radical (unpaired) electrons. The normalized spacial score (nSPS) is 14.7. The summed E-state index contributed by atoms with van der Waals surface area (Å²) in [5.41, 5.74) is -0.888. The molecule has 16 heavy (non-hydrogen) atoms. The van der Waals surface area contributed by atoms with E-state index in [1.807, 2.05) is 6.26 Å². The van der Waals surface area contributed by atoms with E-state index in [0.717, 1.165) is 0 Å². The van der Waals surface area contributed by atoms with Crippen LogP contribution in [0.1, 0.15) is 13.3 Å². The van der Waals surface area contributed by atoms with Crippen molar-refractivity contribution in [1.82, 2.24) is 5.32 Å². The third-order valence-electron chi connectivity index (χ3n) is 1.78. The summed E-state index contributed by atoms with van der Waals surface area (Å²) in [6, 6.07) is 0. The average molecular weight is 247 g/mol. The molecular weight excluding hydrogens is 230 g/mol. The van der Waals surface area contributed by atoms with Crippen LogP contribution in [-0.4, -0.2) is 42.5 Å². The predicted octanol–water partition coefficient (Wildman–Crippen LogP) is 0.859. The fourth-order valence-corrected chi connectivity index (χ4v) is 1.51. The third-order valence-corrected chi connectivity index (χ3v) is 2.19. The Kier molecular flexibility index (Phi) is 6.83. The number of carboxylic acid groups (broad SMARTS) is 1. The highest BCUT2D eigenvalue weighted by atomic mass is 32.2. The van der Waals surface area contributed by atoms with Crippen molar-refractivity contribution in [3.8, 4) is 0 Å². The molecule has 5 nitrogen and oxygen atoms in total. The van der Waals surface area contributed by atoms with E-state index in [-0.39, 0.29) is 18.9 Å². The summed E-state index contributed by atoms with van der Waals surface area (Å²) in [7, 11) is 1.46. The first-order valence-corrected chi connectivity index (χ1v) is 5.94. The molecule has 92 valence electrons. The molecule has 0 aliphatic heterocycles. The summed E-state index contributed by atoms with van der Waals surface area (Å²) in [6.07, 6.45) is 3.01. The van der Waals surface area contributed by atoms with Crippen LogP contribution < -0.4 is 5.32 Å². The standard InChI is InChI=1S/C10H17NO4S/c1-10(7-15-2,6-9(13)14)11-8(12)4-5-16-3/h4-5H,6-7H2,1-3H3,(H,11,12)(H,13,14)/b5-4+. The van der Waals surface area contributed by atoms with Crippen molar-refractivity contribution < 1.29 is 19.4 Å². The Balaban J connectivity index is 4.47. The van der Waals surface area contributed by atoms with Gasteiger partial charge in [-0.25, -0.2) is 0 Å². The van der Waals surface area contributed by atoms with Crippen molar-refractivity contribution >= 4 is 23.6 Å². The van der Waals surface area contributed by atoms with Crippen molar-refractivity contribution in [2.45, 2.75) is 18.9 Å². The fourth-order valence-electron chi connectivity index (χ4n) is 1.25. The summed E-state index contributed by atoms with van der Waals surface area (Å²) in [6.45, 7) is 1.79. The van der Waals surface area contributed by atoms with Gasteiger partial charge in [-0.3, -0.25) is 9.59 Å². The second-order valence-electron chi connectivity index (χ2n) is 3.59. The average Bonchev–Trinajstić information content (AvgIpc) is 2.13. The Bertz CT molecular complexity index is 280. The van der Waals surface area contributed by atoms with Gasteiger partial charge in [0, 0.05) is 13.2 Å². The molecule has 6 heteroatoms. The van der Waals surface area contributed by atoms with Crippen molar-refractivity contribution in [3.05, 3.63) is 11.5 Å². The molecular formula is C10H17NO4S. The first-order chi connectivity index (χ1) is 7.43. The fraction of sp³-hybridized carbons (Fsp3) is 0.600. The quantitative estimate of drug-likeness (QED) is 0.653. The van der Waals surface area contributed by atoms with Gasteiger partial charge in [-0.05, 0) is 18.6 Å². The molecule has 0 heterocycles. The van der Waals surface area contributed by atoms with Gasteiger partial charge in [0.15, 0.2) is 0 Å². The third kappa shape index (κ3) is 6.47. The van der Waals surface area contributed by atoms with E-state index in [2.05, 4.69) is 5.32 Å². The van der Waals surface area contributed by atoms with Crippen LogP contribution in [0.3, 0.4) is 0 Å². The minimum atomic E-state index is -0.978. The minimum Gasteiger partial charge on any atom is -0.481 e. The van der Waals surface area contributed by atoms with Gasteiger partial charge in [0.2, 0.25) is 5.91 Å². The van der Waals surface area contributed by atoms with Crippen LogP contribution in [0.4, 0.5) is 0 Å². The second-order valence-corrected chi connectivity index (χ2v) is 4.34. The van der Waals surface area contributed by atoms with Crippen LogP contribution in [0.5, 0.6) is 0 Å². The highest BCUT2D eigenvalue weighted by Crippen LogP contribution is 2.10. The Morgan fingerprint density at radius 3 is 2.62 bits per heavy atom. The Morgan fingerprint density at radius 2 is 2.19 bits per heavy atom. The Hall–Kier alpha value is -1.01. The molecule has 1 atom stereocenters. The van der Waals surface area contributed by atoms with Gasteiger partial charge in [-0.2, -0.15) is 0 Å². The highest BCUT2D eigenvalue weighted by Gasteiger charge is 2.28. The lowest BCUT2D eigenvalue weighted by Crippen LogP contribution is -2.50. The number of carbonyl (C=O) groups is 2. The molecule has 0 saturated carbocycles. The second kappa shape index (κ2) is 7.29. The molecule has 0 aromatic carbocycles. The molecule has 0 spiro atoms. The van der Waals surface area contributed by atoms with Crippen molar-refractivity contribution in [2.75, 3.05) is 20.0 Å². The maximum atomic E-state index is 11.4. The van der Waals surface area contributed by atoms with Crippen LogP contribution in [0, 0.1) is 0 Å². The predicted molar refractivity (Wildman–Crippen MR) is 63.3 cm³/mol. The number of amides is 1. The molecule has 1 amide bonds. The monoisotopic (exact) mass is 247 g/mol. The molecule has 1 unspecified atom stereocenters. The van der Waals surface area contributed by atoms with Crippen LogP contribution in [0.25, 0.3) is 0 Å². The van der Waals surface area contributed by atoms with E-state index in [9.17, 15) is 9.59 Å². The van der Waals surface area contributed by atoms with Gasteiger partial charge in [-0.1, -0.05) is 0 Å². The first-order valence-electron chi connectivity index (χ1n) is 4.66. The summed E-state index contributed by atoms with van der Waals surface area (Å²) < 4.78 is 4.91. The van der Waals surface area contributed by atoms with Crippen LogP contribution in [0.2, 0.25) is 0 Å². The zero-order valence-electron chi connectivity index (χ0n) is 9.65. The Morgan fingerprint density at radius 1 is 1.56 bits per heavy atom. The van der Waals surface area contributed by atoms with E-state index in [1.165, 1.54) is 24.9 Å². The summed E-state index contributed by atoms with van der Waals surface area (Å²) in [5, 5.41) is 13.0. The number of carboxylic acids is 1. The van der Waals surface area contributed by atoms with Gasteiger partial charge in [-0.15, -0.1) is 11.8 Å². The smallest absolute Gasteiger partial charge is 0.305 e. The number of methoxy groups -OCH3 is 1. The van der Waals surface area contributed by atoms with Gasteiger partial charge < -0.3 is 15.2 Å². The summed E-state index contributed by atoms with van der Waals surface area (Å²) in [5.74, 6) is -1.30. The van der Waals surface area contributed by atoms with Gasteiger partial charge >= 0.3 is 5.97 Å². The lowest BCUT2D eigenvalue weighted by molar-refractivity contribution is -0.139. The van der Waals surface area contributed by atoms with Gasteiger partial charge in [0.05, 0.1) is 18.6 Å². The molecule has 0 aliphatic carbocycles. The molecule has 0 aliphatic rings. The lowest BCUT2D eigenvalue weighted by Gasteiger charge is -2.27. The minimum absolute atomic E-state index is 0.151. The number of rotatable bonds is 7. The zero-order valence-corrected chi connectivity index (χ0v) is 10.5. The molecule has 0 aromatic rings. The van der Waals surface area contributed by atoms with Crippen LogP contribution in [-0.2, 0) is 14.3 Å². The zero-order chi connectivity index (χ0) is 12.6. The molecule has 0 bridgehead atoms. The van der Waals surface area contributed by atoms with Crippen molar-refractivity contribution in [3.63, 3.8) is 0 Å². The number of thioether (sulfide) groups is 1. The summed E-state index contributed by atoms with van der Waals surface area (Å²) >= 11 is 1.39. The summed E-state index contributed by atoms with van der Waals surface area (Å²) in [4.78, 5) is 22.1. The molecule has 0 fully saturated rings. The van der Waals surface area contributed by atoms with Crippen molar-refractivity contribution in [1.29, 1.82) is 0 Å².